The van der Waals surface area contributed by atoms with E-state index in [1.54, 1.807) is 52.6 Å². The summed E-state index contributed by atoms with van der Waals surface area (Å²) in [6, 6.07) is 5.65. The molecule has 5 N–H and O–H groups in total. The van der Waals surface area contributed by atoms with Crippen LogP contribution in [0.3, 0.4) is 0 Å². The van der Waals surface area contributed by atoms with Gasteiger partial charge in [-0.15, -0.1) is 0 Å². The van der Waals surface area contributed by atoms with Crippen molar-refractivity contribution in [3.05, 3.63) is 42.4 Å². The normalized spacial score (nSPS) is 15.6. The number of hydrogen-bond acceptors (Lipinski definition) is 4. The standard InChI is InChI=1S/C17H17F3N6O2/c18-17(19,20)9-23-16(28)24-12-3-1-2-10(6-12)13-8-22-14-7-11(15(27)25-21)4-5-26(13)14/h1-6,8,11H,7,9,21H2,(H,25,27)(H2,23,24,28). The summed E-state index contributed by atoms with van der Waals surface area (Å²) in [6.45, 7) is -1.42. The average Bonchev–Trinajstić information content (AvgIpc) is 3.08. The van der Waals surface area contributed by atoms with Gasteiger partial charge in [0.25, 0.3) is 0 Å². The minimum atomic E-state index is -4.49. The quantitative estimate of drug-likeness (QED) is 0.360. The molecule has 0 saturated heterocycles. The molecule has 1 aliphatic rings. The Morgan fingerprint density at radius 2 is 2.11 bits per heavy atom. The van der Waals surface area contributed by atoms with Gasteiger partial charge in [-0.1, -0.05) is 18.2 Å². The van der Waals surface area contributed by atoms with Gasteiger partial charge in [-0.25, -0.2) is 15.6 Å². The number of imidazole rings is 1. The van der Waals surface area contributed by atoms with Crippen LogP contribution in [0.15, 0.2) is 36.5 Å². The second-order valence-corrected chi connectivity index (χ2v) is 6.09. The molecule has 8 nitrogen and oxygen atoms in total. The first-order chi connectivity index (χ1) is 13.3. The summed E-state index contributed by atoms with van der Waals surface area (Å²) in [6.07, 6.45) is 0.910. The molecule has 28 heavy (non-hydrogen) atoms. The molecule has 0 bridgehead atoms. The Bertz CT molecular complexity index is 922. The lowest BCUT2D eigenvalue weighted by molar-refractivity contribution is -0.124. The number of rotatable bonds is 4. The number of anilines is 1. The number of fused-ring (bicyclic) bond motifs is 1. The summed E-state index contributed by atoms with van der Waals surface area (Å²) >= 11 is 0. The molecule has 0 fully saturated rings. The van der Waals surface area contributed by atoms with Crippen LogP contribution in [0.1, 0.15) is 5.82 Å². The number of alkyl halides is 3. The lowest BCUT2D eigenvalue weighted by Gasteiger charge is -2.17. The van der Waals surface area contributed by atoms with Gasteiger partial charge in [0.2, 0.25) is 5.91 Å². The fraction of sp³-hybridized carbons (Fsp3) is 0.235. The molecule has 0 aliphatic carbocycles. The number of nitrogens with one attached hydrogen (secondary N) is 3. The van der Waals surface area contributed by atoms with E-state index in [0.717, 1.165) is 0 Å². The molecule has 11 heteroatoms. The van der Waals surface area contributed by atoms with Crippen molar-refractivity contribution >= 4 is 23.8 Å². The predicted octanol–water partition coefficient (Wildman–Crippen LogP) is 1.87. The number of amides is 3. The molecule has 2 heterocycles. The number of nitrogens with zero attached hydrogens (tertiary/aromatic N) is 2. The molecule has 3 amide bonds. The molecule has 0 spiro atoms. The second-order valence-electron chi connectivity index (χ2n) is 6.09. The van der Waals surface area contributed by atoms with Crippen LogP contribution in [0.25, 0.3) is 17.5 Å². The molecule has 1 unspecified atom stereocenters. The number of hydrazine groups is 1. The molecule has 1 aromatic heterocycles. The van der Waals surface area contributed by atoms with Gasteiger partial charge in [0, 0.05) is 23.9 Å². The zero-order chi connectivity index (χ0) is 20.3. The van der Waals surface area contributed by atoms with Gasteiger partial charge < -0.3 is 15.2 Å². The van der Waals surface area contributed by atoms with Gasteiger partial charge in [0.05, 0.1) is 17.8 Å². The summed E-state index contributed by atoms with van der Waals surface area (Å²) in [4.78, 5) is 27.6. The highest BCUT2D eigenvalue weighted by molar-refractivity contribution is 5.90. The van der Waals surface area contributed by atoms with E-state index in [4.69, 9.17) is 5.84 Å². The van der Waals surface area contributed by atoms with E-state index in [2.05, 4.69) is 15.7 Å². The number of nitrogens with two attached hydrogens (primary N) is 1. The van der Waals surface area contributed by atoms with E-state index in [1.807, 2.05) is 0 Å². The Hall–Kier alpha value is -3.34. The van der Waals surface area contributed by atoms with Crippen molar-refractivity contribution in [3.63, 3.8) is 0 Å². The number of carbonyl (C=O) groups excluding carboxylic acids is 2. The molecule has 1 aliphatic heterocycles. The summed E-state index contributed by atoms with van der Waals surface area (Å²) in [5.74, 6) is 5.08. The van der Waals surface area contributed by atoms with E-state index in [-0.39, 0.29) is 5.91 Å². The Morgan fingerprint density at radius 3 is 2.82 bits per heavy atom. The number of hydrogen-bond donors (Lipinski definition) is 4. The topological polar surface area (TPSA) is 114 Å². The van der Waals surface area contributed by atoms with Crippen molar-refractivity contribution in [2.45, 2.75) is 12.6 Å². The molecule has 1 aromatic carbocycles. The first-order valence-corrected chi connectivity index (χ1v) is 8.24. The van der Waals surface area contributed by atoms with Crippen LogP contribution in [0.2, 0.25) is 0 Å². The second kappa shape index (κ2) is 7.72. The lowest BCUT2D eigenvalue weighted by Crippen LogP contribution is -2.37. The van der Waals surface area contributed by atoms with Crippen LogP contribution in [0.4, 0.5) is 23.7 Å². The zero-order valence-electron chi connectivity index (χ0n) is 14.5. The van der Waals surface area contributed by atoms with Gasteiger partial charge in [-0.3, -0.25) is 10.2 Å². The van der Waals surface area contributed by atoms with E-state index in [9.17, 15) is 22.8 Å². The maximum Gasteiger partial charge on any atom is 0.405 e. The van der Waals surface area contributed by atoms with Crippen LogP contribution in [0, 0.1) is 5.92 Å². The van der Waals surface area contributed by atoms with Gasteiger partial charge in [-0.05, 0) is 12.1 Å². The fourth-order valence-electron chi connectivity index (χ4n) is 2.78. The first-order valence-electron chi connectivity index (χ1n) is 8.24. The Labute approximate surface area is 157 Å². The zero-order valence-corrected chi connectivity index (χ0v) is 14.5. The van der Waals surface area contributed by atoms with Crippen molar-refractivity contribution in [1.29, 1.82) is 0 Å². The number of aromatic nitrogens is 2. The van der Waals surface area contributed by atoms with Gasteiger partial charge in [-0.2, -0.15) is 13.2 Å². The van der Waals surface area contributed by atoms with E-state index >= 15 is 0 Å². The maximum absolute atomic E-state index is 12.2. The Kier molecular flexibility index (Phi) is 5.36. The summed E-state index contributed by atoms with van der Waals surface area (Å²) in [5, 5.41) is 4.11. The van der Waals surface area contributed by atoms with Crippen LogP contribution in [0.5, 0.6) is 0 Å². The highest BCUT2D eigenvalue weighted by Gasteiger charge is 2.27. The third-order valence-electron chi connectivity index (χ3n) is 4.09. The SMILES string of the molecule is NNC(=O)C1C=Cn2c(-c3cccc(NC(=O)NCC(F)(F)F)c3)cnc2C1. The van der Waals surface area contributed by atoms with Crippen LogP contribution in [-0.4, -0.2) is 34.2 Å². The van der Waals surface area contributed by atoms with E-state index < -0.39 is 24.7 Å². The Balaban J connectivity index is 1.75. The molecule has 1 atom stereocenters. The maximum atomic E-state index is 12.2. The van der Waals surface area contributed by atoms with Crippen molar-refractivity contribution in [2.75, 3.05) is 11.9 Å². The van der Waals surface area contributed by atoms with E-state index in [0.29, 0.717) is 29.2 Å². The van der Waals surface area contributed by atoms with Crippen molar-refractivity contribution in [3.8, 4) is 11.3 Å². The molecular formula is C17H17F3N6O2. The highest BCUT2D eigenvalue weighted by atomic mass is 19.4. The molecule has 0 saturated carbocycles. The number of carbonyl (C=O) groups is 2. The average molecular weight is 394 g/mol. The first kappa shape index (κ1) is 19.4. The van der Waals surface area contributed by atoms with Crippen LogP contribution in [-0.2, 0) is 11.2 Å². The highest BCUT2D eigenvalue weighted by Crippen LogP contribution is 2.27. The summed E-state index contributed by atoms with van der Waals surface area (Å²) < 4.78 is 38.3. The van der Waals surface area contributed by atoms with Gasteiger partial charge in [0.1, 0.15) is 12.4 Å². The smallest absolute Gasteiger partial charge is 0.329 e. The lowest BCUT2D eigenvalue weighted by atomic mass is 10.0. The molecule has 0 radical (unpaired) electrons. The molecule has 148 valence electrons. The van der Waals surface area contributed by atoms with Gasteiger partial charge in [0.15, 0.2) is 0 Å². The summed E-state index contributed by atoms with van der Waals surface area (Å²) in [5.41, 5.74) is 3.83. The third kappa shape index (κ3) is 4.49. The minimum absolute atomic E-state index is 0.317. The van der Waals surface area contributed by atoms with Gasteiger partial charge >= 0.3 is 12.2 Å². The third-order valence-corrected chi connectivity index (χ3v) is 4.09. The van der Waals surface area contributed by atoms with Crippen molar-refractivity contribution < 1.29 is 22.8 Å². The van der Waals surface area contributed by atoms with E-state index in [1.165, 1.54) is 0 Å². The number of halogens is 3. The minimum Gasteiger partial charge on any atom is -0.329 e. The molecular weight excluding hydrogens is 377 g/mol. The predicted molar refractivity (Wildman–Crippen MR) is 95.6 cm³/mol. The monoisotopic (exact) mass is 394 g/mol. The largest absolute Gasteiger partial charge is 0.405 e. The summed E-state index contributed by atoms with van der Waals surface area (Å²) in [7, 11) is 0. The van der Waals surface area contributed by atoms with Crippen LogP contribution < -0.4 is 21.9 Å². The van der Waals surface area contributed by atoms with Crippen molar-refractivity contribution in [2.24, 2.45) is 11.8 Å². The molecule has 2 aromatic rings. The Morgan fingerprint density at radius 1 is 1.32 bits per heavy atom. The molecule has 3 rings (SSSR count). The van der Waals surface area contributed by atoms with Crippen LogP contribution >= 0.6 is 0 Å². The number of benzene rings is 1. The number of urea groups is 1. The fourth-order valence-corrected chi connectivity index (χ4v) is 2.78. The van der Waals surface area contributed by atoms with Crippen molar-refractivity contribution in [1.82, 2.24) is 20.3 Å².